The van der Waals surface area contributed by atoms with Crippen LogP contribution in [-0.4, -0.2) is 4.98 Å². The Morgan fingerprint density at radius 2 is 1.93 bits per heavy atom. The molecule has 0 amide bonds. The molecule has 1 atom stereocenters. The highest BCUT2D eigenvalue weighted by Gasteiger charge is 2.12. The van der Waals surface area contributed by atoms with Crippen molar-refractivity contribution >= 4 is 34.1 Å². The van der Waals surface area contributed by atoms with Crippen LogP contribution in [0.15, 0.2) is 18.3 Å². The van der Waals surface area contributed by atoms with Crippen LogP contribution >= 0.6 is 23.2 Å². The molecular formula is C10H10Cl2N2. The average Bonchev–Trinajstić information content (AvgIpc) is 2.56. The summed E-state index contributed by atoms with van der Waals surface area (Å²) in [6, 6.07) is 3.50. The van der Waals surface area contributed by atoms with E-state index in [0.717, 1.165) is 16.5 Å². The van der Waals surface area contributed by atoms with Crippen molar-refractivity contribution in [3.63, 3.8) is 0 Å². The van der Waals surface area contributed by atoms with Crippen molar-refractivity contribution in [3.8, 4) is 0 Å². The summed E-state index contributed by atoms with van der Waals surface area (Å²) in [5.41, 5.74) is 7.67. The van der Waals surface area contributed by atoms with Gasteiger partial charge in [-0.15, -0.1) is 0 Å². The second-order valence-corrected chi connectivity index (χ2v) is 4.13. The number of rotatable bonds is 1. The summed E-state index contributed by atoms with van der Waals surface area (Å²) in [5.74, 6) is 0. The maximum atomic E-state index is 6.09. The molecule has 1 aromatic heterocycles. The van der Waals surface area contributed by atoms with Gasteiger partial charge in [-0.3, -0.25) is 0 Å². The summed E-state index contributed by atoms with van der Waals surface area (Å²) in [6.45, 7) is 1.92. The lowest BCUT2D eigenvalue weighted by Gasteiger charge is -2.04. The largest absolute Gasteiger partial charge is 0.360 e. The first kappa shape index (κ1) is 9.84. The number of halogens is 2. The normalized spacial score (nSPS) is 13.4. The third-order valence-electron chi connectivity index (χ3n) is 2.25. The summed E-state index contributed by atoms with van der Waals surface area (Å²) in [6.07, 6.45) is 1.85. The van der Waals surface area contributed by atoms with Crippen LogP contribution in [-0.2, 0) is 0 Å². The minimum Gasteiger partial charge on any atom is -0.360 e. The first-order chi connectivity index (χ1) is 6.61. The topological polar surface area (TPSA) is 41.8 Å². The smallest absolute Gasteiger partial charge is 0.0661 e. The summed E-state index contributed by atoms with van der Waals surface area (Å²) < 4.78 is 0. The second-order valence-electron chi connectivity index (χ2n) is 3.31. The highest BCUT2D eigenvalue weighted by Crippen LogP contribution is 2.33. The molecule has 2 nitrogen and oxygen atoms in total. The van der Waals surface area contributed by atoms with E-state index in [1.807, 2.05) is 13.1 Å². The predicted molar refractivity (Wildman–Crippen MR) is 60.9 cm³/mol. The lowest BCUT2D eigenvalue weighted by molar-refractivity contribution is 0.826. The van der Waals surface area contributed by atoms with E-state index in [1.165, 1.54) is 0 Å². The average molecular weight is 229 g/mol. The summed E-state index contributed by atoms with van der Waals surface area (Å²) in [4.78, 5) is 3.08. The Kier molecular flexibility index (Phi) is 2.43. The molecule has 14 heavy (non-hydrogen) atoms. The molecule has 0 aliphatic heterocycles. The van der Waals surface area contributed by atoms with Gasteiger partial charge in [0.1, 0.15) is 0 Å². The van der Waals surface area contributed by atoms with E-state index < -0.39 is 0 Å². The van der Waals surface area contributed by atoms with Gasteiger partial charge in [0.15, 0.2) is 0 Å². The summed E-state index contributed by atoms with van der Waals surface area (Å²) in [7, 11) is 0. The molecule has 3 N–H and O–H groups in total. The molecule has 0 saturated carbocycles. The Morgan fingerprint density at radius 3 is 2.57 bits per heavy atom. The number of fused-ring (bicyclic) bond motifs is 1. The Labute approximate surface area is 92.0 Å². The molecule has 1 aromatic carbocycles. The van der Waals surface area contributed by atoms with Crippen LogP contribution in [0.2, 0.25) is 10.0 Å². The SMILES string of the molecule is CC(N)c1c[nH]c2c(Cl)ccc(Cl)c12. The fourth-order valence-corrected chi connectivity index (χ4v) is 2.04. The van der Waals surface area contributed by atoms with Crippen molar-refractivity contribution in [2.24, 2.45) is 5.73 Å². The molecule has 0 spiro atoms. The van der Waals surface area contributed by atoms with Crippen LogP contribution in [0.4, 0.5) is 0 Å². The quantitative estimate of drug-likeness (QED) is 0.772. The monoisotopic (exact) mass is 228 g/mol. The van der Waals surface area contributed by atoms with Gasteiger partial charge in [-0.2, -0.15) is 0 Å². The van der Waals surface area contributed by atoms with Crippen LogP contribution in [0, 0.1) is 0 Å². The first-order valence-electron chi connectivity index (χ1n) is 4.32. The van der Waals surface area contributed by atoms with Gasteiger partial charge in [0.2, 0.25) is 0 Å². The third-order valence-corrected chi connectivity index (χ3v) is 2.88. The fraction of sp³-hybridized carbons (Fsp3) is 0.200. The zero-order chi connectivity index (χ0) is 10.3. The number of aromatic nitrogens is 1. The van der Waals surface area contributed by atoms with Gasteiger partial charge in [0.05, 0.1) is 15.6 Å². The minimum atomic E-state index is -0.0558. The van der Waals surface area contributed by atoms with Crippen molar-refractivity contribution in [1.82, 2.24) is 4.98 Å². The van der Waals surface area contributed by atoms with E-state index in [2.05, 4.69) is 4.98 Å². The van der Waals surface area contributed by atoms with Gasteiger partial charge < -0.3 is 10.7 Å². The highest BCUT2D eigenvalue weighted by atomic mass is 35.5. The Hall–Kier alpha value is -0.700. The van der Waals surface area contributed by atoms with Crippen LogP contribution in [0.3, 0.4) is 0 Å². The summed E-state index contributed by atoms with van der Waals surface area (Å²) in [5, 5.41) is 2.27. The van der Waals surface area contributed by atoms with Crippen LogP contribution in [0.5, 0.6) is 0 Å². The molecule has 2 aromatic rings. The molecule has 0 radical (unpaired) electrons. The Balaban J connectivity index is 2.84. The third kappa shape index (κ3) is 1.40. The molecule has 4 heteroatoms. The minimum absolute atomic E-state index is 0.0558. The van der Waals surface area contributed by atoms with E-state index in [9.17, 15) is 0 Å². The van der Waals surface area contributed by atoms with Crippen LogP contribution in [0.25, 0.3) is 10.9 Å². The molecule has 0 aliphatic carbocycles. The standard InChI is InChI=1S/C10H10Cl2N2/c1-5(13)6-4-14-10-8(12)3-2-7(11)9(6)10/h2-5,14H,13H2,1H3. The number of hydrogen-bond acceptors (Lipinski definition) is 1. The lowest BCUT2D eigenvalue weighted by atomic mass is 10.1. The number of nitrogens with one attached hydrogen (secondary N) is 1. The van der Waals surface area contributed by atoms with Gasteiger partial charge in [0.25, 0.3) is 0 Å². The van der Waals surface area contributed by atoms with Crippen molar-refractivity contribution in [3.05, 3.63) is 33.9 Å². The lowest BCUT2D eigenvalue weighted by Crippen LogP contribution is -2.03. The van der Waals surface area contributed by atoms with E-state index in [0.29, 0.717) is 10.0 Å². The Morgan fingerprint density at radius 1 is 1.29 bits per heavy atom. The molecule has 1 heterocycles. The van der Waals surface area contributed by atoms with E-state index >= 15 is 0 Å². The van der Waals surface area contributed by atoms with E-state index in [1.54, 1.807) is 12.1 Å². The molecule has 0 saturated heterocycles. The van der Waals surface area contributed by atoms with Gasteiger partial charge in [0, 0.05) is 17.6 Å². The number of nitrogens with two attached hydrogens (primary N) is 1. The molecule has 0 fully saturated rings. The maximum absolute atomic E-state index is 6.09. The molecule has 74 valence electrons. The van der Waals surface area contributed by atoms with Crippen molar-refractivity contribution < 1.29 is 0 Å². The number of H-pyrrole nitrogens is 1. The van der Waals surface area contributed by atoms with E-state index in [4.69, 9.17) is 28.9 Å². The van der Waals surface area contributed by atoms with E-state index in [-0.39, 0.29) is 6.04 Å². The molecule has 0 bridgehead atoms. The number of aromatic amines is 1. The van der Waals surface area contributed by atoms with Gasteiger partial charge in [-0.25, -0.2) is 0 Å². The van der Waals surface area contributed by atoms with Crippen molar-refractivity contribution in [1.29, 1.82) is 0 Å². The number of benzene rings is 1. The summed E-state index contributed by atoms with van der Waals surface area (Å²) >= 11 is 12.1. The molecule has 2 rings (SSSR count). The molecule has 0 aliphatic rings. The van der Waals surface area contributed by atoms with Gasteiger partial charge >= 0.3 is 0 Å². The van der Waals surface area contributed by atoms with Crippen molar-refractivity contribution in [2.75, 3.05) is 0 Å². The maximum Gasteiger partial charge on any atom is 0.0661 e. The van der Waals surface area contributed by atoms with Gasteiger partial charge in [-0.1, -0.05) is 23.2 Å². The molecule has 1 unspecified atom stereocenters. The number of hydrogen-bond donors (Lipinski definition) is 2. The van der Waals surface area contributed by atoms with Crippen molar-refractivity contribution in [2.45, 2.75) is 13.0 Å². The highest BCUT2D eigenvalue weighted by molar-refractivity contribution is 6.40. The zero-order valence-corrected chi connectivity index (χ0v) is 9.15. The van der Waals surface area contributed by atoms with Crippen LogP contribution in [0.1, 0.15) is 18.5 Å². The fourth-order valence-electron chi connectivity index (χ4n) is 1.56. The zero-order valence-electron chi connectivity index (χ0n) is 7.64. The predicted octanol–water partition coefficient (Wildman–Crippen LogP) is 3.49. The van der Waals surface area contributed by atoms with Gasteiger partial charge in [-0.05, 0) is 24.6 Å². The first-order valence-corrected chi connectivity index (χ1v) is 5.07. The molecular weight excluding hydrogens is 219 g/mol. The Bertz CT molecular complexity index is 474. The second kappa shape index (κ2) is 3.46. The van der Waals surface area contributed by atoms with Crippen LogP contribution < -0.4 is 5.73 Å².